The van der Waals surface area contributed by atoms with Gasteiger partial charge in [-0.25, -0.2) is 0 Å². The molecule has 96 valence electrons. The molecule has 0 atom stereocenters. The Morgan fingerprint density at radius 3 is 2.71 bits per heavy atom. The molecule has 0 saturated heterocycles. The smallest absolute Gasteiger partial charge is 0.0448 e. The molecule has 0 spiro atoms. The van der Waals surface area contributed by atoms with Crippen molar-refractivity contribution in [2.45, 2.75) is 39.2 Å². The molecule has 0 saturated carbocycles. The monoisotopic (exact) mass is 299 g/mol. The normalized spacial score (nSPS) is 11.8. The third-order valence-electron chi connectivity index (χ3n) is 3.05. The first-order valence-electron chi connectivity index (χ1n) is 6.05. The van der Waals surface area contributed by atoms with E-state index in [9.17, 15) is 0 Å². The highest BCUT2D eigenvalue weighted by Gasteiger charge is 2.15. The van der Waals surface area contributed by atoms with Crippen molar-refractivity contribution in [3.63, 3.8) is 0 Å². The fourth-order valence-electron chi connectivity index (χ4n) is 1.81. The molecule has 1 rings (SSSR count). The largest absolute Gasteiger partial charge is 0.396 e. The van der Waals surface area contributed by atoms with Crippen LogP contribution >= 0.6 is 15.9 Å². The molecule has 0 bridgehead atoms. The predicted molar refractivity (Wildman–Crippen MR) is 76.4 cm³/mol. The number of benzene rings is 1. The highest BCUT2D eigenvalue weighted by molar-refractivity contribution is 9.10. The summed E-state index contributed by atoms with van der Waals surface area (Å²) < 4.78 is 1.13. The van der Waals surface area contributed by atoms with Crippen molar-refractivity contribution in [2.24, 2.45) is 0 Å². The molecule has 0 radical (unpaired) electrons. The molecule has 0 aliphatic carbocycles. The molecule has 0 aliphatic rings. The lowest BCUT2D eigenvalue weighted by atomic mass is 10.00. The number of nitrogens with one attached hydrogen (secondary N) is 1. The SMILES string of the molecule is Cc1ccc(Br)cc1CCNC(C)(C)CCO. The van der Waals surface area contributed by atoms with Crippen LogP contribution in [-0.4, -0.2) is 23.8 Å². The lowest BCUT2D eigenvalue weighted by molar-refractivity contribution is 0.231. The Hall–Kier alpha value is -0.380. The predicted octanol–water partition coefficient (Wildman–Crippen LogP) is 3.05. The number of hydrogen-bond donors (Lipinski definition) is 2. The van der Waals surface area contributed by atoms with Crippen molar-refractivity contribution < 1.29 is 5.11 Å². The molecule has 0 heterocycles. The van der Waals surface area contributed by atoms with Gasteiger partial charge in [-0.1, -0.05) is 22.0 Å². The molecule has 17 heavy (non-hydrogen) atoms. The molecule has 2 N–H and O–H groups in total. The lowest BCUT2D eigenvalue weighted by Gasteiger charge is -2.25. The summed E-state index contributed by atoms with van der Waals surface area (Å²) in [6, 6.07) is 6.39. The summed E-state index contributed by atoms with van der Waals surface area (Å²) in [5.74, 6) is 0. The van der Waals surface area contributed by atoms with Crippen LogP contribution in [0.1, 0.15) is 31.4 Å². The van der Waals surface area contributed by atoms with Gasteiger partial charge in [0.25, 0.3) is 0 Å². The van der Waals surface area contributed by atoms with E-state index >= 15 is 0 Å². The van der Waals surface area contributed by atoms with Crippen LogP contribution in [-0.2, 0) is 6.42 Å². The van der Waals surface area contributed by atoms with Crippen LogP contribution in [0.25, 0.3) is 0 Å². The fourth-order valence-corrected chi connectivity index (χ4v) is 2.22. The van der Waals surface area contributed by atoms with Gasteiger partial charge in [-0.05, 0) is 63.4 Å². The van der Waals surface area contributed by atoms with Gasteiger partial charge in [-0.2, -0.15) is 0 Å². The molecular weight excluding hydrogens is 278 g/mol. The number of hydrogen-bond acceptors (Lipinski definition) is 2. The Bertz CT molecular complexity index is 363. The summed E-state index contributed by atoms with van der Waals surface area (Å²) in [4.78, 5) is 0. The lowest BCUT2D eigenvalue weighted by Crippen LogP contribution is -2.41. The maximum absolute atomic E-state index is 8.95. The first-order chi connectivity index (χ1) is 7.94. The summed E-state index contributed by atoms with van der Waals surface area (Å²) in [5, 5.41) is 12.4. The molecule has 0 amide bonds. The summed E-state index contributed by atoms with van der Waals surface area (Å²) in [7, 11) is 0. The summed E-state index contributed by atoms with van der Waals surface area (Å²) in [6.07, 6.45) is 1.80. The van der Waals surface area contributed by atoms with Crippen molar-refractivity contribution >= 4 is 15.9 Å². The molecule has 3 heteroatoms. The minimum absolute atomic E-state index is 0.00860. The molecule has 0 fully saturated rings. The number of halogens is 1. The van der Waals surface area contributed by atoms with Crippen LogP contribution in [0.15, 0.2) is 22.7 Å². The van der Waals surface area contributed by atoms with Crippen molar-refractivity contribution in [3.05, 3.63) is 33.8 Å². The average molecular weight is 300 g/mol. The van der Waals surface area contributed by atoms with E-state index in [1.165, 1.54) is 11.1 Å². The third kappa shape index (κ3) is 5.19. The minimum atomic E-state index is 0.00860. The Morgan fingerprint density at radius 1 is 1.35 bits per heavy atom. The third-order valence-corrected chi connectivity index (χ3v) is 3.54. The number of aryl methyl sites for hydroxylation is 1. The second kappa shape index (κ2) is 6.53. The van der Waals surface area contributed by atoms with Crippen LogP contribution < -0.4 is 5.32 Å². The van der Waals surface area contributed by atoms with Gasteiger partial charge in [0.2, 0.25) is 0 Å². The molecule has 0 aliphatic heterocycles. The standard InChI is InChI=1S/C14H22BrNO/c1-11-4-5-13(15)10-12(11)6-8-16-14(2,3)7-9-17/h4-5,10,16-17H,6-9H2,1-3H3. The maximum Gasteiger partial charge on any atom is 0.0448 e. The summed E-state index contributed by atoms with van der Waals surface area (Å²) in [6.45, 7) is 7.55. The fraction of sp³-hybridized carbons (Fsp3) is 0.571. The van der Waals surface area contributed by atoms with E-state index in [2.05, 4.69) is 60.2 Å². The van der Waals surface area contributed by atoms with Crippen LogP contribution in [0, 0.1) is 6.92 Å². The first kappa shape index (κ1) is 14.7. The van der Waals surface area contributed by atoms with Gasteiger partial charge < -0.3 is 10.4 Å². The highest BCUT2D eigenvalue weighted by atomic mass is 79.9. The van der Waals surface area contributed by atoms with Crippen LogP contribution in [0.3, 0.4) is 0 Å². The minimum Gasteiger partial charge on any atom is -0.396 e. The number of aliphatic hydroxyl groups excluding tert-OH is 1. The van der Waals surface area contributed by atoms with Crippen molar-refractivity contribution in [2.75, 3.05) is 13.2 Å². The van der Waals surface area contributed by atoms with Gasteiger partial charge in [0.05, 0.1) is 0 Å². The van der Waals surface area contributed by atoms with E-state index in [0.717, 1.165) is 23.9 Å². The Balaban J connectivity index is 2.48. The number of rotatable bonds is 6. The topological polar surface area (TPSA) is 32.3 Å². The van der Waals surface area contributed by atoms with Crippen molar-refractivity contribution in [1.29, 1.82) is 0 Å². The zero-order chi connectivity index (χ0) is 12.9. The molecule has 0 unspecified atom stereocenters. The van der Waals surface area contributed by atoms with E-state index in [1.807, 2.05) is 0 Å². The second-order valence-electron chi connectivity index (χ2n) is 5.11. The average Bonchev–Trinajstić information content (AvgIpc) is 2.23. The zero-order valence-electron chi connectivity index (χ0n) is 10.9. The summed E-state index contributed by atoms with van der Waals surface area (Å²) in [5.41, 5.74) is 2.70. The Morgan fingerprint density at radius 2 is 2.06 bits per heavy atom. The van der Waals surface area contributed by atoms with Gasteiger partial charge in [0.15, 0.2) is 0 Å². The van der Waals surface area contributed by atoms with E-state index in [4.69, 9.17) is 5.11 Å². The Labute approximate surface area is 113 Å². The zero-order valence-corrected chi connectivity index (χ0v) is 12.5. The van der Waals surface area contributed by atoms with E-state index in [1.54, 1.807) is 0 Å². The van der Waals surface area contributed by atoms with Gasteiger partial charge in [0, 0.05) is 16.6 Å². The van der Waals surface area contributed by atoms with Crippen LogP contribution in [0.2, 0.25) is 0 Å². The van der Waals surface area contributed by atoms with Gasteiger partial charge >= 0.3 is 0 Å². The highest BCUT2D eigenvalue weighted by Crippen LogP contribution is 2.16. The molecule has 0 aromatic heterocycles. The molecule has 1 aromatic carbocycles. The number of aliphatic hydroxyl groups is 1. The van der Waals surface area contributed by atoms with Crippen molar-refractivity contribution in [1.82, 2.24) is 5.32 Å². The van der Waals surface area contributed by atoms with E-state index in [0.29, 0.717) is 0 Å². The molecule has 2 nitrogen and oxygen atoms in total. The molecular formula is C14H22BrNO. The van der Waals surface area contributed by atoms with Crippen LogP contribution in [0.4, 0.5) is 0 Å². The van der Waals surface area contributed by atoms with E-state index < -0.39 is 0 Å². The van der Waals surface area contributed by atoms with Gasteiger partial charge in [-0.15, -0.1) is 0 Å². The van der Waals surface area contributed by atoms with Gasteiger partial charge in [0.1, 0.15) is 0 Å². The quantitative estimate of drug-likeness (QED) is 0.846. The summed E-state index contributed by atoms with van der Waals surface area (Å²) >= 11 is 3.50. The van der Waals surface area contributed by atoms with Crippen molar-refractivity contribution in [3.8, 4) is 0 Å². The van der Waals surface area contributed by atoms with E-state index in [-0.39, 0.29) is 12.1 Å². The van der Waals surface area contributed by atoms with Gasteiger partial charge in [-0.3, -0.25) is 0 Å². The molecule has 1 aromatic rings. The second-order valence-corrected chi connectivity index (χ2v) is 6.02. The Kier molecular flexibility index (Phi) is 5.63. The maximum atomic E-state index is 8.95. The van der Waals surface area contributed by atoms with Crippen LogP contribution in [0.5, 0.6) is 0 Å². The first-order valence-corrected chi connectivity index (χ1v) is 6.85.